The van der Waals surface area contributed by atoms with Gasteiger partial charge in [0.15, 0.2) is 0 Å². The minimum Gasteiger partial charge on any atom is -0.481 e. The molecule has 0 radical (unpaired) electrons. The summed E-state index contributed by atoms with van der Waals surface area (Å²) in [5.41, 5.74) is 1.87. The van der Waals surface area contributed by atoms with Crippen molar-refractivity contribution in [2.24, 2.45) is 0 Å². The molecular weight excluding hydrogens is 221 g/mol. The Labute approximate surface area is 99.9 Å². The van der Waals surface area contributed by atoms with Crippen molar-refractivity contribution in [1.82, 2.24) is 0 Å². The van der Waals surface area contributed by atoms with Gasteiger partial charge in [-0.3, -0.25) is 4.79 Å². The van der Waals surface area contributed by atoms with Crippen LogP contribution >= 0.6 is 0 Å². The fourth-order valence-electron chi connectivity index (χ4n) is 2.59. The summed E-state index contributed by atoms with van der Waals surface area (Å²) in [6.45, 7) is 4.04. The van der Waals surface area contributed by atoms with Crippen molar-refractivity contribution in [2.45, 2.75) is 38.8 Å². The number of hydrogen-bond acceptors (Lipinski definition) is 2. The normalized spacial score (nSPS) is 18.6. The largest absolute Gasteiger partial charge is 0.481 e. The molecule has 0 saturated carbocycles. The highest BCUT2D eigenvalue weighted by molar-refractivity contribution is 5.71. The lowest BCUT2D eigenvalue weighted by atomic mass is 10.1. The molecule has 17 heavy (non-hydrogen) atoms. The fraction of sp³-hybridized carbons (Fsp3) is 0.462. The van der Waals surface area contributed by atoms with Gasteiger partial charge in [0.2, 0.25) is 0 Å². The van der Waals surface area contributed by atoms with E-state index in [9.17, 15) is 9.18 Å². The first-order valence-corrected chi connectivity index (χ1v) is 5.77. The number of anilines is 1. The van der Waals surface area contributed by atoms with Gasteiger partial charge in [-0.2, -0.15) is 0 Å². The molecule has 1 N–H and O–H groups in total. The van der Waals surface area contributed by atoms with E-state index >= 15 is 0 Å². The summed E-state index contributed by atoms with van der Waals surface area (Å²) in [5.74, 6) is -1.07. The number of hydrogen-bond donors (Lipinski definition) is 1. The van der Waals surface area contributed by atoms with E-state index in [2.05, 4.69) is 4.90 Å². The van der Waals surface area contributed by atoms with Gasteiger partial charge in [-0.15, -0.1) is 0 Å². The van der Waals surface area contributed by atoms with E-state index in [-0.39, 0.29) is 24.3 Å². The fourth-order valence-corrected chi connectivity index (χ4v) is 2.59. The van der Waals surface area contributed by atoms with Crippen LogP contribution in [0.1, 0.15) is 25.8 Å². The molecule has 3 nitrogen and oxygen atoms in total. The van der Waals surface area contributed by atoms with Crippen LogP contribution in [0.15, 0.2) is 18.2 Å². The monoisotopic (exact) mass is 237 g/mol. The molecule has 0 amide bonds. The number of fused-ring (bicyclic) bond motifs is 1. The van der Waals surface area contributed by atoms with Crippen LogP contribution in [-0.4, -0.2) is 23.2 Å². The van der Waals surface area contributed by atoms with Gasteiger partial charge in [0, 0.05) is 17.8 Å². The van der Waals surface area contributed by atoms with E-state index in [0.717, 1.165) is 11.3 Å². The zero-order valence-electron chi connectivity index (χ0n) is 9.98. The summed E-state index contributed by atoms with van der Waals surface area (Å²) >= 11 is 0. The van der Waals surface area contributed by atoms with Gasteiger partial charge in [-0.1, -0.05) is 0 Å². The molecule has 0 aliphatic carbocycles. The van der Waals surface area contributed by atoms with Crippen LogP contribution in [-0.2, 0) is 11.2 Å². The molecule has 0 saturated heterocycles. The third-order valence-electron chi connectivity index (χ3n) is 3.14. The average Bonchev–Trinajstić information content (AvgIpc) is 2.53. The number of carboxylic acids is 1. The van der Waals surface area contributed by atoms with Crippen molar-refractivity contribution in [2.75, 3.05) is 4.90 Å². The minimum absolute atomic E-state index is 0.0655. The van der Waals surface area contributed by atoms with Gasteiger partial charge in [0.25, 0.3) is 0 Å². The predicted molar refractivity (Wildman–Crippen MR) is 63.8 cm³/mol. The summed E-state index contributed by atoms with van der Waals surface area (Å²) in [4.78, 5) is 12.9. The van der Waals surface area contributed by atoms with E-state index in [1.807, 2.05) is 13.8 Å². The lowest BCUT2D eigenvalue weighted by molar-refractivity contribution is -0.137. The third-order valence-corrected chi connectivity index (χ3v) is 3.14. The number of aliphatic carboxylic acids is 1. The maximum atomic E-state index is 13.1. The molecule has 1 aromatic carbocycles. The number of carbonyl (C=O) groups is 1. The van der Waals surface area contributed by atoms with Crippen molar-refractivity contribution in [3.05, 3.63) is 29.6 Å². The second-order valence-corrected chi connectivity index (χ2v) is 4.73. The second kappa shape index (κ2) is 4.35. The topological polar surface area (TPSA) is 40.5 Å². The zero-order chi connectivity index (χ0) is 12.6. The van der Waals surface area contributed by atoms with E-state index in [1.165, 1.54) is 12.1 Å². The van der Waals surface area contributed by atoms with Gasteiger partial charge in [0.1, 0.15) is 5.82 Å². The van der Waals surface area contributed by atoms with Crippen LogP contribution in [0.5, 0.6) is 0 Å². The molecule has 0 fully saturated rings. The predicted octanol–water partition coefficient (Wildman–Crippen LogP) is 2.44. The summed E-state index contributed by atoms with van der Waals surface area (Å²) < 4.78 is 13.1. The second-order valence-electron chi connectivity index (χ2n) is 4.73. The summed E-state index contributed by atoms with van der Waals surface area (Å²) in [5, 5.41) is 8.91. The van der Waals surface area contributed by atoms with Crippen LogP contribution < -0.4 is 4.90 Å². The molecule has 0 bridgehead atoms. The van der Waals surface area contributed by atoms with Crippen LogP contribution in [0, 0.1) is 5.82 Å². The molecule has 4 heteroatoms. The SMILES string of the molecule is CC(C)N1c2ccc(F)cc2CC1CC(=O)O. The number of nitrogens with zero attached hydrogens (tertiary/aromatic N) is 1. The lowest BCUT2D eigenvalue weighted by Gasteiger charge is -2.30. The Hall–Kier alpha value is -1.58. The third kappa shape index (κ3) is 2.25. The van der Waals surface area contributed by atoms with Gasteiger partial charge < -0.3 is 10.0 Å². The van der Waals surface area contributed by atoms with E-state index in [4.69, 9.17) is 5.11 Å². The summed E-state index contributed by atoms with van der Waals surface area (Å²) in [6.07, 6.45) is 0.700. The first kappa shape index (κ1) is 11.9. The van der Waals surface area contributed by atoms with Gasteiger partial charge in [-0.05, 0) is 44.0 Å². The van der Waals surface area contributed by atoms with Gasteiger partial charge in [-0.25, -0.2) is 4.39 Å². The van der Waals surface area contributed by atoms with E-state index < -0.39 is 5.97 Å². The minimum atomic E-state index is -0.811. The van der Waals surface area contributed by atoms with Crippen molar-refractivity contribution < 1.29 is 14.3 Å². The van der Waals surface area contributed by atoms with Crippen LogP contribution in [0.2, 0.25) is 0 Å². The van der Waals surface area contributed by atoms with Gasteiger partial charge in [0.05, 0.1) is 6.42 Å². The summed E-state index contributed by atoms with van der Waals surface area (Å²) in [6, 6.07) is 4.83. The number of halogens is 1. The Morgan fingerprint density at radius 3 is 2.88 bits per heavy atom. The molecule has 2 rings (SSSR count). The zero-order valence-corrected chi connectivity index (χ0v) is 9.98. The Morgan fingerprint density at radius 1 is 1.59 bits per heavy atom. The molecule has 1 aromatic rings. The highest BCUT2D eigenvalue weighted by Crippen LogP contribution is 2.35. The van der Waals surface area contributed by atoms with E-state index in [1.54, 1.807) is 6.07 Å². The van der Waals surface area contributed by atoms with Crippen molar-refractivity contribution in [3.63, 3.8) is 0 Å². The Bertz CT molecular complexity index is 445. The average molecular weight is 237 g/mol. The Balaban J connectivity index is 2.33. The molecule has 1 aliphatic rings. The smallest absolute Gasteiger partial charge is 0.305 e. The summed E-state index contributed by atoms with van der Waals surface area (Å²) in [7, 11) is 0. The number of rotatable bonds is 3. The first-order valence-electron chi connectivity index (χ1n) is 5.77. The highest BCUT2D eigenvalue weighted by Gasteiger charge is 2.32. The van der Waals surface area contributed by atoms with E-state index in [0.29, 0.717) is 6.42 Å². The van der Waals surface area contributed by atoms with Crippen molar-refractivity contribution >= 4 is 11.7 Å². The molecule has 1 atom stereocenters. The van der Waals surface area contributed by atoms with Crippen LogP contribution in [0.3, 0.4) is 0 Å². The maximum absolute atomic E-state index is 13.1. The maximum Gasteiger partial charge on any atom is 0.305 e. The molecular formula is C13H16FNO2. The van der Waals surface area contributed by atoms with Crippen molar-refractivity contribution in [3.8, 4) is 0 Å². The standard InChI is InChI=1S/C13H16FNO2/c1-8(2)15-11(7-13(16)17)6-9-5-10(14)3-4-12(9)15/h3-5,8,11H,6-7H2,1-2H3,(H,16,17). The van der Waals surface area contributed by atoms with Crippen molar-refractivity contribution in [1.29, 1.82) is 0 Å². The quantitative estimate of drug-likeness (QED) is 0.877. The molecule has 1 heterocycles. The highest BCUT2D eigenvalue weighted by atomic mass is 19.1. The molecule has 1 aliphatic heterocycles. The Kier molecular flexibility index (Phi) is 3.05. The van der Waals surface area contributed by atoms with Crippen LogP contribution in [0.4, 0.5) is 10.1 Å². The Morgan fingerprint density at radius 2 is 2.29 bits per heavy atom. The molecule has 92 valence electrons. The first-order chi connectivity index (χ1) is 7.99. The molecule has 0 aromatic heterocycles. The number of carboxylic acid groups (broad SMARTS) is 1. The molecule has 1 unspecified atom stereocenters. The van der Waals surface area contributed by atoms with Gasteiger partial charge >= 0.3 is 5.97 Å². The number of benzene rings is 1. The van der Waals surface area contributed by atoms with Crippen LogP contribution in [0.25, 0.3) is 0 Å². The molecule has 0 spiro atoms. The lowest BCUT2D eigenvalue weighted by Crippen LogP contribution is -2.39.